The molecule has 0 radical (unpaired) electrons. The van der Waals surface area contributed by atoms with Gasteiger partial charge in [0.2, 0.25) is 0 Å². The quantitative estimate of drug-likeness (QED) is 0.581. The van der Waals surface area contributed by atoms with Gasteiger partial charge >= 0.3 is 0 Å². The number of nitrogens with zero attached hydrogens (tertiary/aromatic N) is 3. The van der Waals surface area contributed by atoms with Crippen LogP contribution in [0.3, 0.4) is 0 Å². The van der Waals surface area contributed by atoms with Crippen LogP contribution in [0.1, 0.15) is 37.8 Å². The van der Waals surface area contributed by atoms with E-state index in [4.69, 9.17) is 40.5 Å². The molecule has 1 saturated heterocycles. The van der Waals surface area contributed by atoms with Crippen molar-refractivity contribution in [1.29, 1.82) is 0 Å². The number of halogens is 2. The van der Waals surface area contributed by atoms with Crippen molar-refractivity contribution in [2.45, 2.75) is 32.2 Å². The minimum Gasteiger partial charge on any atom is -0.508 e. The molecule has 5 nitrogen and oxygen atoms in total. The molecule has 0 amide bonds. The SMILES string of the molecule is C[C@@H]1C(C(=S)NN2CCCCC2)=NN(c2ccc(Cl)cc2Cl)[C@H]1c1ccc(O)cc1. The number of hydrazone groups is 1. The molecule has 2 heterocycles. The standard InChI is InChI=1S/C22H24Cl2N4OS/c1-14-20(22(30)26-27-11-3-2-4-12-27)25-28(19-10-7-16(23)13-18(19)24)21(14)15-5-8-17(29)9-6-15/h5-10,13-14,21,29H,2-4,11-12H2,1H3,(H,26,30)/t14-,21-/m1/s1. The molecule has 0 spiro atoms. The second-order valence-electron chi connectivity index (χ2n) is 7.74. The van der Waals surface area contributed by atoms with Crippen LogP contribution >= 0.6 is 35.4 Å². The first-order valence-corrected chi connectivity index (χ1v) is 11.3. The summed E-state index contributed by atoms with van der Waals surface area (Å²) >= 11 is 18.4. The van der Waals surface area contributed by atoms with E-state index in [1.54, 1.807) is 24.3 Å². The first kappa shape index (κ1) is 21.4. The fraction of sp³-hybridized carbons (Fsp3) is 0.364. The summed E-state index contributed by atoms with van der Waals surface area (Å²) in [5.41, 5.74) is 5.99. The molecule has 0 aromatic heterocycles. The third kappa shape index (κ3) is 4.42. The summed E-state index contributed by atoms with van der Waals surface area (Å²) in [6, 6.07) is 12.5. The summed E-state index contributed by atoms with van der Waals surface area (Å²) in [6.07, 6.45) is 3.59. The number of phenolic OH excluding ortho intramolecular Hbond substituents is 1. The molecule has 2 aliphatic rings. The average molecular weight is 463 g/mol. The summed E-state index contributed by atoms with van der Waals surface area (Å²) in [6.45, 7) is 4.08. The molecular weight excluding hydrogens is 439 g/mol. The van der Waals surface area contributed by atoms with Crippen LogP contribution in [0.5, 0.6) is 5.75 Å². The molecule has 8 heteroatoms. The van der Waals surface area contributed by atoms with E-state index in [1.807, 2.05) is 23.2 Å². The molecule has 2 atom stereocenters. The van der Waals surface area contributed by atoms with E-state index in [-0.39, 0.29) is 17.7 Å². The largest absolute Gasteiger partial charge is 0.508 e. The van der Waals surface area contributed by atoms with Gasteiger partial charge in [-0.3, -0.25) is 5.01 Å². The molecule has 0 bridgehead atoms. The van der Waals surface area contributed by atoms with Gasteiger partial charge in [-0.05, 0) is 48.7 Å². The summed E-state index contributed by atoms with van der Waals surface area (Å²) in [5.74, 6) is 0.245. The molecule has 0 unspecified atom stereocenters. The van der Waals surface area contributed by atoms with E-state index in [2.05, 4.69) is 17.4 Å². The van der Waals surface area contributed by atoms with Crippen LogP contribution in [0.15, 0.2) is 47.6 Å². The van der Waals surface area contributed by atoms with E-state index >= 15 is 0 Å². The molecular formula is C22H24Cl2N4OS. The van der Waals surface area contributed by atoms with Crippen molar-refractivity contribution in [3.05, 3.63) is 58.1 Å². The Bertz CT molecular complexity index is 960. The van der Waals surface area contributed by atoms with Crippen LogP contribution in [-0.4, -0.2) is 33.9 Å². The lowest BCUT2D eigenvalue weighted by molar-refractivity contribution is 0.197. The number of aromatic hydroxyl groups is 1. The van der Waals surface area contributed by atoms with Crippen LogP contribution in [0.4, 0.5) is 5.69 Å². The highest BCUT2D eigenvalue weighted by atomic mass is 35.5. The molecule has 158 valence electrons. The molecule has 4 rings (SSSR count). The van der Waals surface area contributed by atoms with Crippen LogP contribution in [-0.2, 0) is 0 Å². The zero-order valence-corrected chi connectivity index (χ0v) is 19.0. The zero-order chi connectivity index (χ0) is 21.3. The number of thiocarbonyl (C=S) groups is 1. The lowest BCUT2D eigenvalue weighted by atomic mass is 9.91. The summed E-state index contributed by atoms with van der Waals surface area (Å²) in [4.78, 5) is 0.640. The second-order valence-corrected chi connectivity index (χ2v) is 8.99. The van der Waals surface area contributed by atoms with Crippen molar-refractivity contribution in [3.8, 4) is 5.75 Å². The highest BCUT2D eigenvalue weighted by Gasteiger charge is 2.39. The maximum absolute atomic E-state index is 9.73. The van der Waals surface area contributed by atoms with Crippen molar-refractivity contribution in [2.75, 3.05) is 18.1 Å². The number of benzene rings is 2. The lowest BCUT2D eigenvalue weighted by Crippen LogP contribution is -2.47. The molecule has 2 aromatic rings. The van der Waals surface area contributed by atoms with E-state index in [1.165, 1.54) is 19.3 Å². The number of hydrazine groups is 1. The van der Waals surface area contributed by atoms with E-state index in [0.717, 1.165) is 30.1 Å². The van der Waals surface area contributed by atoms with Gasteiger partial charge in [0.15, 0.2) is 0 Å². The first-order valence-electron chi connectivity index (χ1n) is 10.1. The average Bonchev–Trinajstić information content (AvgIpc) is 3.06. The van der Waals surface area contributed by atoms with Crippen LogP contribution in [0, 0.1) is 5.92 Å². The maximum Gasteiger partial charge on any atom is 0.137 e. The third-order valence-electron chi connectivity index (χ3n) is 5.62. The number of nitrogens with one attached hydrogen (secondary N) is 1. The normalized spacial score (nSPS) is 22.1. The third-order valence-corrected chi connectivity index (χ3v) is 6.46. The topological polar surface area (TPSA) is 51.1 Å². The van der Waals surface area contributed by atoms with Gasteiger partial charge < -0.3 is 10.5 Å². The molecule has 2 N–H and O–H groups in total. The highest BCUT2D eigenvalue weighted by molar-refractivity contribution is 7.82. The Kier molecular flexibility index (Phi) is 6.48. The maximum atomic E-state index is 9.73. The van der Waals surface area contributed by atoms with Gasteiger partial charge in [0.25, 0.3) is 0 Å². The van der Waals surface area contributed by atoms with Crippen LogP contribution < -0.4 is 10.4 Å². The molecule has 1 fully saturated rings. The van der Waals surface area contributed by atoms with E-state index in [9.17, 15) is 5.11 Å². The number of hydrogen-bond acceptors (Lipinski definition) is 5. The van der Waals surface area contributed by atoms with Crippen molar-refractivity contribution in [3.63, 3.8) is 0 Å². The smallest absolute Gasteiger partial charge is 0.137 e. The predicted molar refractivity (Wildman–Crippen MR) is 128 cm³/mol. The number of hydrogen-bond donors (Lipinski definition) is 2. The lowest BCUT2D eigenvalue weighted by Gasteiger charge is -2.29. The Morgan fingerprint density at radius 3 is 2.47 bits per heavy atom. The number of anilines is 1. The first-order chi connectivity index (χ1) is 14.4. The van der Waals surface area contributed by atoms with Gasteiger partial charge in [-0.2, -0.15) is 5.10 Å². The van der Waals surface area contributed by atoms with Gasteiger partial charge in [-0.15, -0.1) is 0 Å². The number of rotatable bonds is 4. The Balaban J connectivity index is 1.68. The summed E-state index contributed by atoms with van der Waals surface area (Å²) in [5, 5.41) is 19.8. The van der Waals surface area contributed by atoms with Gasteiger partial charge in [-0.25, -0.2) is 5.01 Å². The zero-order valence-electron chi connectivity index (χ0n) is 16.7. The number of phenols is 1. The fourth-order valence-electron chi connectivity index (χ4n) is 4.06. The van der Waals surface area contributed by atoms with Crippen molar-refractivity contribution >= 4 is 51.8 Å². The molecule has 30 heavy (non-hydrogen) atoms. The molecule has 2 aliphatic heterocycles. The van der Waals surface area contributed by atoms with E-state index in [0.29, 0.717) is 15.0 Å². The molecule has 0 aliphatic carbocycles. The van der Waals surface area contributed by atoms with Crippen molar-refractivity contribution in [2.24, 2.45) is 11.0 Å². The second kappa shape index (κ2) is 9.10. The van der Waals surface area contributed by atoms with Gasteiger partial charge in [0, 0.05) is 24.0 Å². The number of piperidine rings is 1. The summed E-state index contributed by atoms with van der Waals surface area (Å²) < 4.78 is 0. The van der Waals surface area contributed by atoms with Gasteiger partial charge in [-0.1, -0.05) is 60.9 Å². The Morgan fingerprint density at radius 2 is 1.80 bits per heavy atom. The van der Waals surface area contributed by atoms with Crippen molar-refractivity contribution in [1.82, 2.24) is 10.4 Å². The fourth-order valence-corrected chi connectivity index (χ4v) is 4.91. The van der Waals surface area contributed by atoms with E-state index < -0.39 is 0 Å². The van der Waals surface area contributed by atoms with Crippen LogP contribution in [0.25, 0.3) is 0 Å². The monoisotopic (exact) mass is 462 g/mol. The molecule has 0 saturated carbocycles. The minimum absolute atomic E-state index is 0.0195. The highest BCUT2D eigenvalue weighted by Crippen LogP contribution is 2.42. The minimum atomic E-state index is -0.111. The predicted octanol–water partition coefficient (Wildman–Crippen LogP) is 5.57. The van der Waals surface area contributed by atoms with Crippen LogP contribution in [0.2, 0.25) is 10.0 Å². The Hall–Kier alpha value is -1.86. The van der Waals surface area contributed by atoms with Gasteiger partial charge in [0.05, 0.1) is 16.8 Å². The van der Waals surface area contributed by atoms with Gasteiger partial charge in [0.1, 0.15) is 16.4 Å². The molecule has 2 aromatic carbocycles. The van der Waals surface area contributed by atoms with Crippen molar-refractivity contribution < 1.29 is 5.11 Å². The Labute approximate surface area is 192 Å². The summed E-state index contributed by atoms with van der Waals surface area (Å²) in [7, 11) is 0. The Morgan fingerprint density at radius 1 is 1.10 bits per heavy atom.